The zero-order valence-electron chi connectivity index (χ0n) is 32.5. The largest absolute Gasteiger partial charge is 0.374 e. The van der Waals surface area contributed by atoms with E-state index in [9.17, 15) is 0 Å². The van der Waals surface area contributed by atoms with Gasteiger partial charge in [-0.2, -0.15) is 0 Å². The first-order valence-corrected chi connectivity index (χ1v) is 20.1. The van der Waals surface area contributed by atoms with E-state index in [1.54, 1.807) is 0 Å². The van der Waals surface area contributed by atoms with Gasteiger partial charge in [-0.25, -0.2) is 0 Å². The second-order valence-corrected chi connectivity index (χ2v) is 15.3. The second kappa shape index (κ2) is 18.3. The highest BCUT2D eigenvalue weighted by atomic mass is 16.8. The predicted molar refractivity (Wildman–Crippen MR) is 213 cm³/mol. The van der Waals surface area contributed by atoms with Crippen molar-refractivity contribution in [2.75, 3.05) is 26.4 Å². The van der Waals surface area contributed by atoms with E-state index in [-0.39, 0.29) is 26.4 Å². The van der Waals surface area contributed by atoms with Gasteiger partial charge in [-0.1, -0.05) is 146 Å². The molecule has 7 aliphatic heterocycles. The van der Waals surface area contributed by atoms with Crippen LogP contribution < -0.4 is 0 Å². The Bertz CT molecular complexity index is 1850. The van der Waals surface area contributed by atoms with Gasteiger partial charge in [-0.15, -0.1) is 0 Å². The molecule has 0 unspecified atom stereocenters. The standard InChI is InChI=1S/C48H50O10/c1-5-13-35(14-6-1)27-51-43-41-31-49-25-39-21-23-40(24-22-39)26-50-32-42-44(52-28-36-15-7-2-8-16-36)46(54-30-38-19-11-4-12-20-38)48(58-42)34-55-47(57-41,33-56-48)45(43)53-29-37-17-9-3-10-18-37/h1-24,41-46H,25-34H2/t41-,42-,43-,44-,45+,46+,47-,48-/m1/s1. The van der Waals surface area contributed by atoms with Crippen LogP contribution in [0.25, 0.3) is 0 Å². The van der Waals surface area contributed by atoms with Crippen LogP contribution in [-0.2, 0) is 87.0 Å². The van der Waals surface area contributed by atoms with Gasteiger partial charge in [-0.05, 0) is 33.4 Å². The zero-order valence-corrected chi connectivity index (χ0v) is 32.5. The van der Waals surface area contributed by atoms with E-state index in [2.05, 4.69) is 24.3 Å². The third-order valence-corrected chi connectivity index (χ3v) is 11.2. The lowest BCUT2D eigenvalue weighted by Gasteiger charge is -2.46. The average molecular weight is 787 g/mol. The lowest BCUT2D eigenvalue weighted by atomic mass is 10.0. The zero-order chi connectivity index (χ0) is 39.0. The quantitative estimate of drug-likeness (QED) is 0.128. The summed E-state index contributed by atoms with van der Waals surface area (Å²) in [4.78, 5) is 0. The van der Waals surface area contributed by atoms with Crippen molar-refractivity contribution in [2.45, 2.75) is 87.8 Å². The van der Waals surface area contributed by atoms with Crippen molar-refractivity contribution in [2.24, 2.45) is 0 Å². The molecule has 5 aromatic carbocycles. The SMILES string of the molecule is c1ccc(CO[C@@H]2[C@H]3COCc4ccc(cc4)COC[C@H]4O[C@]5(CO[C@](CO5)(O3)[C@H]2OCc2ccccc2)[C@@H](OCc2ccccc2)[C@@H]4OCc2ccccc2)cc1. The molecule has 8 atom stereocenters. The summed E-state index contributed by atoms with van der Waals surface area (Å²) >= 11 is 0. The van der Waals surface area contributed by atoms with Crippen LogP contribution in [0.4, 0.5) is 0 Å². The van der Waals surface area contributed by atoms with Gasteiger partial charge in [0.15, 0.2) is 0 Å². The molecule has 0 N–H and O–H groups in total. The van der Waals surface area contributed by atoms with Crippen LogP contribution in [0.15, 0.2) is 146 Å². The first-order valence-electron chi connectivity index (χ1n) is 20.1. The first-order chi connectivity index (χ1) is 28.6. The van der Waals surface area contributed by atoms with Crippen LogP contribution in [0, 0.1) is 0 Å². The molecule has 0 radical (unpaired) electrons. The maximum Gasteiger partial charge on any atom is 0.222 e. The molecule has 6 bridgehead atoms. The van der Waals surface area contributed by atoms with Crippen LogP contribution in [0.1, 0.15) is 33.4 Å². The van der Waals surface area contributed by atoms with Crippen LogP contribution in [-0.4, -0.2) is 74.6 Å². The molecule has 10 nitrogen and oxygen atoms in total. The summed E-state index contributed by atoms with van der Waals surface area (Å²) in [5.41, 5.74) is 6.15. The maximum absolute atomic E-state index is 6.97. The Balaban J connectivity index is 1.06. The lowest BCUT2D eigenvalue weighted by Crippen LogP contribution is -2.63. The monoisotopic (exact) mass is 786 g/mol. The Morgan fingerprint density at radius 3 is 1.07 bits per heavy atom. The Kier molecular flexibility index (Phi) is 12.4. The number of rotatable bonds is 12. The fraction of sp³-hybridized carbons (Fsp3) is 0.375. The fourth-order valence-electron chi connectivity index (χ4n) is 8.13. The number of hydrogen-bond donors (Lipinski definition) is 0. The van der Waals surface area contributed by atoms with Gasteiger partial charge >= 0.3 is 0 Å². The van der Waals surface area contributed by atoms with E-state index in [0.717, 1.165) is 33.4 Å². The van der Waals surface area contributed by atoms with Crippen molar-refractivity contribution >= 4 is 0 Å². The summed E-state index contributed by atoms with van der Waals surface area (Å²) in [5.74, 6) is -2.71. The summed E-state index contributed by atoms with van der Waals surface area (Å²) in [6.07, 6.45) is -3.61. The van der Waals surface area contributed by atoms with Crippen molar-refractivity contribution in [3.05, 3.63) is 179 Å². The molecular weight excluding hydrogens is 737 g/mol. The molecule has 7 aliphatic rings. The normalized spacial score (nSPS) is 29.6. The smallest absolute Gasteiger partial charge is 0.222 e. The van der Waals surface area contributed by atoms with Crippen LogP contribution in [0.2, 0.25) is 0 Å². The van der Waals surface area contributed by atoms with Gasteiger partial charge in [0.1, 0.15) is 49.8 Å². The Hall–Kier alpha value is -4.30. The molecule has 7 heterocycles. The van der Waals surface area contributed by atoms with Crippen molar-refractivity contribution in [1.82, 2.24) is 0 Å². The molecular formula is C48H50O10. The highest BCUT2D eigenvalue weighted by molar-refractivity contribution is 5.22. The van der Waals surface area contributed by atoms with Gasteiger partial charge in [0.05, 0.1) is 52.9 Å². The number of ether oxygens (including phenoxy) is 10. The van der Waals surface area contributed by atoms with E-state index >= 15 is 0 Å². The van der Waals surface area contributed by atoms with Crippen LogP contribution >= 0.6 is 0 Å². The third kappa shape index (κ3) is 8.97. The number of benzene rings is 5. The highest BCUT2D eigenvalue weighted by Gasteiger charge is 2.67. The van der Waals surface area contributed by atoms with Crippen molar-refractivity contribution in [3.8, 4) is 0 Å². The molecule has 12 rings (SSSR count). The molecule has 0 aliphatic carbocycles. The van der Waals surface area contributed by atoms with Gasteiger partial charge in [0.25, 0.3) is 0 Å². The molecule has 0 amide bonds. The molecule has 3 saturated heterocycles. The van der Waals surface area contributed by atoms with Crippen molar-refractivity contribution < 1.29 is 47.4 Å². The van der Waals surface area contributed by atoms with Gasteiger partial charge < -0.3 is 47.4 Å². The molecule has 5 aromatic rings. The summed E-state index contributed by atoms with van der Waals surface area (Å²) < 4.78 is 67.6. The summed E-state index contributed by atoms with van der Waals surface area (Å²) in [5, 5.41) is 0. The van der Waals surface area contributed by atoms with Crippen LogP contribution in [0.5, 0.6) is 0 Å². The Labute approximate surface area is 339 Å². The Morgan fingerprint density at radius 2 is 0.741 bits per heavy atom. The number of hydrogen-bond acceptors (Lipinski definition) is 10. The average Bonchev–Trinajstić information content (AvgIpc) is 3.72. The molecule has 0 aromatic heterocycles. The summed E-state index contributed by atoms with van der Waals surface area (Å²) in [6, 6.07) is 48.5. The maximum atomic E-state index is 6.97. The van der Waals surface area contributed by atoms with E-state index in [4.69, 9.17) is 47.4 Å². The second-order valence-electron chi connectivity index (χ2n) is 15.3. The predicted octanol–water partition coefficient (Wildman–Crippen LogP) is 7.31. The van der Waals surface area contributed by atoms with Crippen molar-refractivity contribution in [1.29, 1.82) is 0 Å². The molecule has 10 heteroatoms. The molecule has 302 valence electrons. The summed E-state index contributed by atoms with van der Waals surface area (Å²) in [7, 11) is 0. The molecule has 3 fully saturated rings. The molecule has 58 heavy (non-hydrogen) atoms. The van der Waals surface area contributed by atoms with E-state index in [1.165, 1.54) is 0 Å². The van der Waals surface area contributed by atoms with Gasteiger partial charge in [0, 0.05) is 0 Å². The van der Waals surface area contributed by atoms with E-state index in [0.29, 0.717) is 39.6 Å². The summed E-state index contributed by atoms with van der Waals surface area (Å²) in [6.45, 7) is 2.52. The minimum absolute atomic E-state index is 0.0287. The lowest BCUT2D eigenvalue weighted by molar-refractivity contribution is -0.406. The fourth-order valence-corrected chi connectivity index (χ4v) is 8.13. The van der Waals surface area contributed by atoms with E-state index < -0.39 is 48.2 Å². The first kappa shape index (κ1) is 39.2. The van der Waals surface area contributed by atoms with Gasteiger partial charge in [0.2, 0.25) is 11.6 Å². The molecule has 0 saturated carbocycles. The minimum Gasteiger partial charge on any atom is -0.374 e. The van der Waals surface area contributed by atoms with Crippen LogP contribution in [0.3, 0.4) is 0 Å². The highest BCUT2D eigenvalue weighted by Crippen LogP contribution is 2.47. The van der Waals surface area contributed by atoms with E-state index in [1.807, 2.05) is 121 Å². The minimum atomic E-state index is -1.36. The molecule has 2 spiro atoms. The van der Waals surface area contributed by atoms with Crippen molar-refractivity contribution in [3.63, 3.8) is 0 Å². The van der Waals surface area contributed by atoms with Gasteiger partial charge in [-0.3, -0.25) is 0 Å². The third-order valence-electron chi connectivity index (χ3n) is 11.2. The topological polar surface area (TPSA) is 92.3 Å². The Morgan fingerprint density at radius 1 is 0.414 bits per heavy atom.